The lowest BCUT2D eigenvalue weighted by molar-refractivity contribution is -0.909. The van der Waals surface area contributed by atoms with E-state index in [1.165, 1.54) is 0 Å². The standard InChI is InChI=1S/C15H19F3N2O2/c16-15(17,18)13(11-20-9-5-2-6-10-20)22-14(21)19-12-7-3-1-4-8-12/h1,3-4,7-8,13H,2,5-6,9-11H2,(H,19,21)/p+1/t13-/m1/s1. The summed E-state index contributed by atoms with van der Waals surface area (Å²) in [7, 11) is 0. The van der Waals surface area contributed by atoms with E-state index < -0.39 is 18.4 Å². The lowest BCUT2D eigenvalue weighted by Gasteiger charge is -2.28. The second-order valence-corrected chi connectivity index (χ2v) is 5.44. The first kappa shape index (κ1) is 16.6. The van der Waals surface area contributed by atoms with Gasteiger partial charge in [0.1, 0.15) is 6.54 Å². The van der Waals surface area contributed by atoms with Crippen molar-refractivity contribution in [3.8, 4) is 0 Å². The van der Waals surface area contributed by atoms with Crippen molar-refractivity contribution in [1.82, 2.24) is 0 Å². The fourth-order valence-corrected chi connectivity index (χ4v) is 2.54. The Balaban J connectivity index is 1.92. The molecule has 0 radical (unpaired) electrons. The molecule has 1 heterocycles. The predicted molar refractivity (Wildman–Crippen MR) is 75.8 cm³/mol. The first-order valence-electron chi connectivity index (χ1n) is 7.38. The number of likely N-dealkylation sites (tertiary alicyclic amines) is 1. The Morgan fingerprint density at radius 2 is 1.82 bits per heavy atom. The predicted octanol–water partition coefficient (Wildman–Crippen LogP) is 2.23. The molecule has 0 unspecified atom stereocenters. The zero-order valence-corrected chi connectivity index (χ0v) is 12.2. The summed E-state index contributed by atoms with van der Waals surface area (Å²) in [5.41, 5.74) is 0.402. The van der Waals surface area contributed by atoms with Gasteiger partial charge in [0.15, 0.2) is 0 Å². The smallest absolute Gasteiger partial charge is 0.430 e. The molecular weight excluding hydrogens is 297 g/mol. The van der Waals surface area contributed by atoms with Gasteiger partial charge in [0, 0.05) is 5.69 Å². The van der Waals surface area contributed by atoms with Crippen LogP contribution in [0.15, 0.2) is 30.3 Å². The van der Waals surface area contributed by atoms with Gasteiger partial charge in [-0.3, -0.25) is 5.32 Å². The van der Waals surface area contributed by atoms with Gasteiger partial charge in [-0.25, -0.2) is 4.79 Å². The van der Waals surface area contributed by atoms with Crippen molar-refractivity contribution < 1.29 is 27.6 Å². The van der Waals surface area contributed by atoms with E-state index in [9.17, 15) is 18.0 Å². The maximum absolute atomic E-state index is 13.1. The number of anilines is 1. The maximum atomic E-state index is 13.1. The minimum Gasteiger partial charge on any atom is -0.430 e. The van der Waals surface area contributed by atoms with Crippen molar-refractivity contribution in [3.63, 3.8) is 0 Å². The SMILES string of the molecule is O=C(Nc1ccccc1)O[C@H](C[NH+]1CCCCC1)C(F)(F)F. The lowest BCUT2D eigenvalue weighted by Crippen LogP contribution is -3.14. The monoisotopic (exact) mass is 317 g/mol. The van der Waals surface area contributed by atoms with Crippen molar-refractivity contribution in [1.29, 1.82) is 0 Å². The van der Waals surface area contributed by atoms with E-state index in [-0.39, 0.29) is 6.54 Å². The molecule has 22 heavy (non-hydrogen) atoms. The van der Waals surface area contributed by atoms with Crippen molar-refractivity contribution in [2.24, 2.45) is 0 Å². The number of halogens is 3. The molecule has 1 aliphatic heterocycles. The van der Waals surface area contributed by atoms with E-state index >= 15 is 0 Å². The second kappa shape index (κ2) is 7.49. The molecule has 1 atom stereocenters. The van der Waals surface area contributed by atoms with Gasteiger partial charge in [-0.2, -0.15) is 13.2 Å². The molecule has 7 heteroatoms. The number of alkyl halides is 3. The van der Waals surface area contributed by atoms with Crippen LogP contribution in [0.1, 0.15) is 19.3 Å². The summed E-state index contributed by atoms with van der Waals surface area (Å²) in [4.78, 5) is 12.5. The van der Waals surface area contributed by atoms with Crippen molar-refractivity contribution >= 4 is 11.8 Å². The van der Waals surface area contributed by atoms with Gasteiger partial charge in [-0.05, 0) is 31.4 Å². The maximum Gasteiger partial charge on any atom is 0.431 e. The van der Waals surface area contributed by atoms with Crippen LogP contribution in [0, 0.1) is 0 Å². The number of amides is 1. The van der Waals surface area contributed by atoms with Gasteiger partial charge in [0.2, 0.25) is 6.10 Å². The van der Waals surface area contributed by atoms with E-state index in [1.54, 1.807) is 30.3 Å². The summed E-state index contributed by atoms with van der Waals surface area (Å²) >= 11 is 0. The van der Waals surface area contributed by atoms with Crippen molar-refractivity contribution in [3.05, 3.63) is 30.3 Å². The van der Waals surface area contributed by atoms with Gasteiger partial charge in [-0.15, -0.1) is 0 Å². The molecule has 1 fully saturated rings. The zero-order chi connectivity index (χ0) is 16.0. The molecule has 1 aliphatic rings. The van der Waals surface area contributed by atoms with E-state index in [1.807, 2.05) is 0 Å². The Morgan fingerprint density at radius 1 is 1.18 bits per heavy atom. The third kappa shape index (κ3) is 5.22. The van der Waals surface area contributed by atoms with Crippen LogP contribution in [-0.2, 0) is 4.74 Å². The van der Waals surface area contributed by atoms with Crippen molar-refractivity contribution in [2.45, 2.75) is 31.5 Å². The minimum atomic E-state index is -4.56. The van der Waals surface area contributed by atoms with E-state index in [0.717, 1.165) is 24.2 Å². The highest BCUT2D eigenvalue weighted by Crippen LogP contribution is 2.22. The highest BCUT2D eigenvalue weighted by atomic mass is 19.4. The molecule has 0 saturated carbocycles. The Bertz CT molecular complexity index is 473. The van der Waals surface area contributed by atoms with E-state index in [4.69, 9.17) is 0 Å². The van der Waals surface area contributed by atoms with E-state index in [2.05, 4.69) is 10.1 Å². The molecule has 1 aromatic carbocycles. The highest BCUT2D eigenvalue weighted by molar-refractivity contribution is 5.84. The average Bonchev–Trinajstić information content (AvgIpc) is 2.48. The van der Waals surface area contributed by atoms with Gasteiger partial charge >= 0.3 is 12.3 Å². The number of hydrogen-bond acceptors (Lipinski definition) is 2. The number of quaternary nitrogens is 1. The van der Waals surface area contributed by atoms with Gasteiger partial charge < -0.3 is 9.64 Å². The molecule has 2 rings (SSSR count). The molecule has 4 nitrogen and oxygen atoms in total. The zero-order valence-electron chi connectivity index (χ0n) is 12.2. The van der Waals surface area contributed by atoms with Crippen LogP contribution in [0.5, 0.6) is 0 Å². The van der Waals surface area contributed by atoms with Crippen LogP contribution in [0.25, 0.3) is 0 Å². The molecule has 0 bridgehead atoms. The number of ether oxygens (including phenoxy) is 1. The van der Waals surface area contributed by atoms with Crippen LogP contribution in [0.3, 0.4) is 0 Å². The van der Waals surface area contributed by atoms with E-state index in [0.29, 0.717) is 18.8 Å². The Hall–Kier alpha value is -1.76. The number of benzene rings is 1. The highest BCUT2D eigenvalue weighted by Gasteiger charge is 2.45. The summed E-state index contributed by atoms with van der Waals surface area (Å²) < 4.78 is 43.8. The Morgan fingerprint density at radius 3 is 2.41 bits per heavy atom. The van der Waals surface area contributed by atoms with Crippen LogP contribution in [-0.4, -0.2) is 38.0 Å². The molecule has 0 aromatic heterocycles. The molecule has 1 saturated heterocycles. The summed E-state index contributed by atoms with van der Waals surface area (Å²) in [6.45, 7) is 1.15. The minimum absolute atomic E-state index is 0.230. The summed E-state index contributed by atoms with van der Waals surface area (Å²) in [6, 6.07) is 8.26. The van der Waals surface area contributed by atoms with Crippen LogP contribution in [0.4, 0.5) is 23.7 Å². The van der Waals surface area contributed by atoms with Gasteiger partial charge in [-0.1, -0.05) is 18.2 Å². The first-order chi connectivity index (χ1) is 10.4. The quantitative estimate of drug-likeness (QED) is 0.894. The average molecular weight is 317 g/mol. The number of hydrogen-bond donors (Lipinski definition) is 2. The molecule has 2 N–H and O–H groups in total. The first-order valence-corrected chi connectivity index (χ1v) is 7.38. The second-order valence-electron chi connectivity index (χ2n) is 5.44. The van der Waals surface area contributed by atoms with Crippen molar-refractivity contribution in [2.75, 3.05) is 25.0 Å². The van der Waals surface area contributed by atoms with Crippen LogP contribution < -0.4 is 10.2 Å². The lowest BCUT2D eigenvalue weighted by atomic mass is 10.1. The van der Waals surface area contributed by atoms with Crippen LogP contribution in [0.2, 0.25) is 0 Å². The summed E-state index contributed by atoms with van der Waals surface area (Å²) in [6.07, 6.45) is -4.84. The number of nitrogens with one attached hydrogen (secondary N) is 2. The topological polar surface area (TPSA) is 42.8 Å². The molecule has 0 aliphatic carbocycles. The summed E-state index contributed by atoms with van der Waals surface area (Å²) in [5.74, 6) is 0. The normalized spacial score (nSPS) is 17.8. The molecule has 1 aromatic rings. The molecule has 1 amide bonds. The number of piperidine rings is 1. The number of carbonyl (C=O) groups excluding carboxylic acids is 1. The van der Waals surface area contributed by atoms with Gasteiger partial charge in [0.05, 0.1) is 13.1 Å². The third-order valence-electron chi connectivity index (χ3n) is 3.67. The number of carbonyl (C=O) groups is 1. The Kier molecular flexibility index (Phi) is 5.65. The number of para-hydroxylation sites is 1. The fraction of sp³-hybridized carbons (Fsp3) is 0.533. The molecular formula is C15H20F3N2O2+. The Labute approximate surface area is 127 Å². The molecule has 0 spiro atoms. The number of rotatable bonds is 4. The third-order valence-corrected chi connectivity index (χ3v) is 3.67. The fourth-order valence-electron chi connectivity index (χ4n) is 2.54. The van der Waals surface area contributed by atoms with Gasteiger partial charge in [0.25, 0.3) is 0 Å². The largest absolute Gasteiger partial charge is 0.431 e. The molecule has 122 valence electrons. The van der Waals surface area contributed by atoms with Crippen LogP contribution >= 0.6 is 0 Å². The summed E-state index contributed by atoms with van der Waals surface area (Å²) in [5, 5.41) is 2.31.